The molecule has 314 valence electrons. The largest absolute Gasteiger partial charge is 0.310 e. The first-order valence-electron chi connectivity index (χ1n) is 22.9. The lowest BCUT2D eigenvalue weighted by atomic mass is 9.95. The van der Waals surface area contributed by atoms with E-state index in [4.69, 9.17) is 0 Å². The smallest absolute Gasteiger partial charge is 0.0541 e. The second-order valence-corrected chi connectivity index (χ2v) is 18.3. The Labute approximate surface area is 393 Å². The van der Waals surface area contributed by atoms with Crippen LogP contribution in [0.4, 0.5) is 17.1 Å². The Bertz CT molecular complexity index is 3930. The molecule has 13 rings (SSSR count). The Morgan fingerprint density at radius 1 is 0.313 bits per heavy atom. The normalized spacial score (nSPS) is 11.6. The number of thiophene rings is 1. The van der Waals surface area contributed by atoms with Gasteiger partial charge in [-0.3, -0.25) is 0 Å². The molecule has 11 aromatic carbocycles. The summed E-state index contributed by atoms with van der Waals surface area (Å²) in [7, 11) is 0. The van der Waals surface area contributed by atoms with E-state index in [1.807, 2.05) is 11.3 Å². The van der Waals surface area contributed by atoms with Crippen molar-refractivity contribution in [2.24, 2.45) is 0 Å². The van der Waals surface area contributed by atoms with Gasteiger partial charge in [0.1, 0.15) is 0 Å². The monoisotopic (exact) mass is 870 g/mol. The molecule has 0 aliphatic rings. The van der Waals surface area contributed by atoms with E-state index in [0.717, 1.165) is 28.3 Å². The van der Waals surface area contributed by atoms with Crippen LogP contribution in [0.1, 0.15) is 0 Å². The molecule has 2 aromatic heterocycles. The molecule has 0 saturated carbocycles. The van der Waals surface area contributed by atoms with Crippen molar-refractivity contribution in [1.29, 1.82) is 0 Å². The molecule has 0 radical (unpaired) electrons. The van der Waals surface area contributed by atoms with Gasteiger partial charge < -0.3 is 9.47 Å². The van der Waals surface area contributed by atoms with Crippen molar-refractivity contribution < 1.29 is 0 Å². The Balaban J connectivity index is 0.920. The zero-order valence-electron chi connectivity index (χ0n) is 36.6. The van der Waals surface area contributed by atoms with Gasteiger partial charge in [-0.15, -0.1) is 11.3 Å². The molecule has 0 unspecified atom stereocenters. The van der Waals surface area contributed by atoms with Crippen LogP contribution in [0.3, 0.4) is 0 Å². The highest BCUT2D eigenvalue weighted by Crippen LogP contribution is 2.46. The van der Waals surface area contributed by atoms with Gasteiger partial charge >= 0.3 is 0 Å². The van der Waals surface area contributed by atoms with E-state index in [1.165, 1.54) is 91.7 Å². The molecule has 0 fully saturated rings. The molecule has 0 N–H and O–H groups in total. The van der Waals surface area contributed by atoms with E-state index in [2.05, 4.69) is 264 Å². The summed E-state index contributed by atoms with van der Waals surface area (Å²) in [6.07, 6.45) is 0. The van der Waals surface area contributed by atoms with Crippen molar-refractivity contribution in [3.8, 4) is 50.2 Å². The first kappa shape index (κ1) is 38.9. The molecule has 2 nitrogen and oxygen atoms in total. The van der Waals surface area contributed by atoms with E-state index >= 15 is 0 Å². The zero-order valence-corrected chi connectivity index (χ0v) is 37.4. The van der Waals surface area contributed by atoms with Crippen LogP contribution in [0.2, 0.25) is 0 Å². The Kier molecular flexibility index (Phi) is 9.40. The fourth-order valence-electron chi connectivity index (χ4n) is 10.3. The molecule has 13 aromatic rings. The van der Waals surface area contributed by atoms with E-state index in [-0.39, 0.29) is 0 Å². The maximum absolute atomic E-state index is 2.43. The van der Waals surface area contributed by atoms with Gasteiger partial charge in [-0.2, -0.15) is 0 Å². The second-order valence-electron chi connectivity index (χ2n) is 17.3. The summed E-state index contributed by atoms with van der Waals surface area (Å²) in [5.74, 6) is 0. The third-order valence-electron chi connectivity index (χ3n) is 13.4. The van der Waals surface area contributed by atoms with Gasteiger partial charge in [-0.25, -0.2) is 0 Å². The SMILES string of the molecule is c1cc(-c2ccc(N(c3ccc(-c4cccc(-n5c6ccccc6c6ccccc65)c4)cc3)c3ccccc3-c3cccc4c3sc3ccccc34)cc2)cc(-c2cccc3ccccc23)c1. The summed E-state index contributed by atoms with van der Waals surface area (Å²) in [5.41, 5.74) is 16.4. The average Bonchev–Trinajstić information content (AvgIpc) is 3.96. The number of aromatic nitrogens is 1. The minimum atomic E-state index is 1.09. The Hall–Kier alpha value is -8.50. The highest BCUT2D eigenvalue weighted by molar-refractivity contribution is 7.26. The van der Waals surface area contributed by atoms with Crippen LogP contribution >= 0.6 is 11.3 Å². The number of hydrogen-bond donors (Lipinski definition) is 0. The molecule has 0 aliphatic heterocycles. The first-order chi connectivity index (χ1) is 33.2. The number of anilines is 3. The fourth-order valence-corrected chi connectivity index (χ4v) is 11.5. The topological polar surface area (TPSA) is 8.17 Å². The van der Waals surface area contributed by atoms with E-state index in [0.29, 0.717) is 0 Å². The number of para-hydroxylation sites is 3. The maximum Gasteiger partial charge on any atom is 0.0541 e. The molecule has 2 heterocycles. The summed E-state index contributed by atoms with van der Waals surface area (Å²) in [5, 5.41) is 7.64. The van der Waals surface area contributed by atoms with Crippen molar-refractivity contribution in [2.75, 3.05) is 4.90 Å². The third kappa shape index (κ3) is 6.71. The van der Waals surface area contributed by atoms with Crippen LogP contribution in [0.25, 0.3) is 103 Å². The van der Waals surface area contributed by atoms with Crippen molar-refractivity contribution >= 4 is 81.1 Å². The van der Waals surface area contributed by atoms with Crippen LogP contribution in [0.15, 0.2) is 255 Å². The summed E-state index contributed by atoms with van der Waals surface area (Å²) >= 11 is 1.87. The van der Waals surface area contributed by atoms with Crippen molar-refractivity contribution in [3.63, 3.8) is 0 Å². The first-order valence-corrected chi connectivity index (χ1v) is 23.7. The standard InChI is InChI=1S/C64H42N2S/c1-2-21-52-45(15-1)16-13-26-53(52)48-19-11-17-46(41-48)43-33-37-49(38-34-43)65(60-29-7-5-24-56(60)58-27-14-28-59-57-25-6-10-32-63(57)67-64(58)59)50-39-35-44(36-40-50)47-18-12-20-51(42-47)66-61-30-8-3-22-54(61)55-23-4-9-31-62(55)66/h1-42H. The van der Waals surface area contributed by atoms with Crippen LogP contribution in [-0.2, 0) is 0 Å². The van der Waals surface area contributed by atoms with Gasteiger partial charge in [0.05, 0.1) is 16.7 Å². The zero-order chi connectivity index (χ0) is 44.3. The quantitative estimate of drug-likeness (QED) is 0.148. The molecular weight excluding hydrogens is 829 g/mol. The van der Waals surface area contributed by atoms with E-state index in [1.54, 1.807) is 0 Å². The van der Waals surface area contributed by atoms with Crippen LogP contribution in [0.5, 0.6) is 0 Å². The lowest BCUT2D eigenvalue weighted by molar-refractivity contribution is 1.18. The molecule has 0 saturated heterocycles. The molecule has 0 spiro atoms. The summed E-state index contributed by atoms with van der Waals surface area (Å²) < 4.78 is 5.00. The van der Waals surface area contributed by atoms with Crippen molar-refractivity contribution in [2.45, 2.75) is 0 Å². The van der Waals surface area contributed by atoms with Crippen LogP contribution in [0, 0.1) is 0 Å². The van der Waals surface area contributed by atoms with Crippen LogP contribution < -0.4 is 4.90 Å². The molecule has 0 aliphatic carbocycles. The van der Waals surface area contributed by atoms with Gasteiger partial charge in [-0.1, -0.05) is 188 Å². The maximum atomic E-state index is 2.43. The predicted octanol–water partition coefficient (Wildman–Crippen LogP) is 18.4. The second kappa shape index (κ2) is 16.2. The summed E-state index contributed by atoms with van der Waals surface area (Å²) in [6.45, 7) is 0. The molecule has 0 atom stereocenters. The van der Waals surface area contributed by atoms with Gasteiger partial charge in [0.2, 0.25) is 0 Å². The minimum Gasteiger partial charge on any atom is -0.310 e. The molecule has 0 amide bonds. The highest BCUT2D eigenvalue weighted by Gasteiger charge is 2.20. The van der Waals surface area contributed by atoms with Gasteiger partial charge in [0.15, 0.2) is 0 Å². The predicted molar refractivity (Wildman–Crippen MR) is 288 cm³/mol. The minimum absolute atomic E-state index is 1.09. The molecule has 67 heavy (non-hydrogen) atoms. The summed E-state index contributed by atoms with van der Waals surface area (Å²) in [4.78, 5) is 2.43. The lowest BCUT2D eigenvalue weighted by Crippen LogP contribution is -2.11. The van der Waals surface area contributed by atoms with E-state index < -0.39 is 0 Å². The van der Waals surface area contributed by atoms with Gasteiger partial charge in [-0.05, 0) is 111 Å². The number of nitrogens with zero attached hydrogens (tertiary/aromatic N) is 2. The van der Waals surface area contributed by atoms with Gasteiger partial charge in [0.25, 0.3) is 0 Å². The number of benzene rings is 11. The highest BCUT2D eigenvalue weighted by atomic mass is 32.1. The van der Waals surface area contributed by atoms with Crippen LogP contribution in [-0.4, -0.2) is 4.57 Å². The fraction of sp³-hybridized carbons (Fsp3) is 0. The Morgan fingerprint density at radius 2 is 0.821 bits per heavy atom. The Morgan fingerprint density at radius 3 is 1.57 bits per heavy atom. The number of rotatable bonds is 8. The number of hydrogen-bond acceptors (Lipinski definition) is 2. The molecular formula is C64H42N2S. The molecule has 3 heteroatoms. The van der Waals surface area contributed by atoms with Crippen molar-refractivity contribution in [3.05, 3.63) is 255 Å². The third-order valence-corrected chi connectivity index (χ3v) is 14.6. The number of fused-ring (bicyclic) bond motifs is 7. The van der Waals surface area contributed by atoms with Gasteiger partial charge in [0, 0.05) is 59.1 Å². The summed E-state index contributed by atoms with van der Waals surface area (Å²) in [6, 6.07) is 93.1. The van der Waals surface area contributed by atoms with E-state index in [9.17, 15) is 0 Å². The van der Waals surface area contributed by atoms with Crippen molar-refractivity contribution in [1.82, 2.24) is 4.57 Å². The average molecular weight is 871 g/mol. The molecule has 0 bridgehead atoms. The lowest BCUT2D eigenvalue weighted by Gasteiger charge is -2.28.